The van der Waals surface area contributed by atoms with Gasteiger partial charge in [-0.15, -0.1) is 10.2 Å². The summed E-state index contributed by atoms with van der Waals surface area (Å²) in [6, 6.07) is 6.48. The zero-order valence-corrected chi connectivity index (χ0v) is 9.13. The Bertz CT molecular complexity index is 586. The third-order valence-electron chi connectivity index (χ3n) is 2.08. The average Bonchev–Trinajstić information content (AvgIpc) is 2.33. The summed E-state index contributed by atoms with van der Waals surface area (Å²) in [7, 11) is 0. The van der Waals surface area contributed by atoms with Crippen LogP contribution in [0.3, 0.4) is 0 Å². The number of amides is 1. The second-order valence-corrected chi connectivity index (χ2v) is 3.41. The van der Waals surface area contributed by atoms with Crippen LogP contribution in [0.4, 0.5) is 10.1 Å². The fourth-order valence-electron chi connectivity index (χ4n) is 1.23. The highest BCUT2D eigenvalue weighted by Gasteiger charge is 2.07. The number of carbonyl (C=O) groups is 1. The van der Waals surface area contributed by atoms with Crippen LogP contribution in [0.2, 0.25) is 0 Å². The quantitative estimate of drug-likeness (QED) is 0.791. The molecule has 0 bridgehead atoms. The zero-order chi connectivity index (χ0) is 13.1. The van der Waals surface area contributed by atoms with Gasteiger partial charge in [0.25, 0.3) is 5.91 Å². The Balaban J connectivity index is 2.21. The number of primary amides is 1. The molecule has 18 heavy (non-hydrogen) atoms. The highest BCUT2D eigenvalue weighted by molar-refractivity contribution is 5.90. The van der Waals surface area contributed by atoms with Gasteiger partial charge >= 0.3 is 0 Å². The fraction of sp³-hybridized carbons (Fsp3) is 0. The molecule has 2 rings (SSSR count). The van der Waals surface area contributed by atoms with Crippen LogP contribution in [0.1, 0.15) is 10.5 Å². The molecule has 6 nitrogen and oxygen atoms in total. The van der Waals surface area contributed by atoms with Crippen molar-refractivity contribution < 1.29 is 13.9 Å². The van der Waals surface area contributed by atoms with Crippen LogP contribution < -0.4 is 16.2 Å². The number of halogens is 1. The van der Waals surface area contributed by atoms with Gasteiger partial charge in [0.2, 0.25) is 5.88 Å². The lowest BCUT2D eigenvalue weighted by Crippen LogP contribution is -2.13. The summed E-state index contributed by atoms with van der Waals surface area (Å²) < 4.78 is 18.1. The first-order valence-electron chi connectivity index (χ1n) is 4.92. The molecule has 1 heterocycles. The number of benzene rings is 1. The molecule has 0 saturated heterocycles. The Morgan fingerprint density at radius 3 is 2.56 bits per heavy atom. The lowest BCUT2D eigenvalue weighted by atomic mass is 10.3. The summed E-state index contributed by atoms with van der Waals surface area (Å²) in [6.45, 7) is 0. The van der Waals surface area contributed by atoms with Crippen molar-refractivity contribution in [3.05, 3.63) is 41.8 Å². The van der Waals surface area contributed by atoms with Gasteiger partial charge in [0.15, 0.2) is 11.4 Å². The molecule has 0 spiro atoms. The third-order valence-corrected chi connectivity index (χ3v) is 2.08. The van der Waals surface area contributed by atoms with E-state index in [9.17, 15) is 9.18 Å². The topological polar surface area (TPSA) is 104 Å². The van der Waals surface area contributed by atoms with Crippen LogP contribution in [0, 0.1) is 5.82 Å². The maximum atomic E-state index is 12.8. The predicted molar refractivity (Wildman–Crippen MR) is 61.4 cm³/mol. The van der Waals surface area contributed by atoms with Crippen molar-refractivity contribution in [2.75, 3.05) is 5.73 Å². The maximum absolute atomic E-state index is 12.8. The number of nitrogen functional groups attached to an aromatic ring is 1. The molecule has 0 aliphatic carbocycles. The smallest absolute Gasteiger partial charge is 0.269 e. The standard InChI is InChI=1S/C11H9FN4O2/c12-6-1-3-9(7(13)5-6)18-10-4-2-8(11(14)17)15-16-10/h1-5H,13H2,(H2,14,17). The normalized spacial score (nSPS) is 10.1. The SMILES string of the molecule is NC(=O)c1ccc(Oc2ccc(F)cc2N)nn1. The van der Waals surface area contributed by atoms with Gasteiger partial charge < -0.3 is 16.2 Å². The molecular formula is C11H9FN4O2. The van der Waals surface area contributed by atoms with Crippen molar-refractivity contribution in [3.63, 3.8) is 0 Å². The number of hydrogen-bond donors (Lipinski definition) is 2. The highest BCUT2D eigenvalue weighted by Crippen LogP contribution is 2.26. The summed E-state index contributed by atoms with van der Waals surface area (Å²) in [5, 5.41) is 7.19. The third kappa shape index (κ3) is 2.51. The molecule has 0 aliphatic heterocycles. The van der Waals surface area contributed by atoms with Crippen LogP contribution in [0.15, 0.2) is 30.3 Å². The molecule has 0 aliphatic rings. The molecule has 0 saturated carbocycles. The van der Waals surface area contributed by atoms with E-state index in [-0.39, 0.29) is 23.0 Å². The largest absolute Gasteiger partial charge is 0.435 e. The molecule has 4 N–H and O–H groups in total. The van der Waals surface area contributed by atoms with Gasteiger partial charge in [-0.2, -0.15) is 0 Å². The Morgan fingerprint density at radius 1 is 1.22 bits per heavy atom. The Labute approximate surface area is 101 Å². The van der Waals surface area contributed by atoms with Crippen molar-refractivity contribution in [1.82, 2.24) is 10.2 Å². The summed E-state index contributed by atoms with van der Waals surface area (Å²) in [6.07, 6.45) is 0. The first-order chi connectivity index (χ1) is 8.56. The van der Waals surface area contributed by atoms with E-state index >= 15 is 0 Å². The van der Waals surface area contributed by atoms with Gasteiger partial charge in [0, 0.05) is 12.1 Å². The van der Waals surface area contributed by atoms with E-state index in [1.807, 2.05) is 0 Å². The monoisotopic (exact) mass is 248 g/mol. The summed E-state index contributed by atoms with van der Waals surface area (Å²) in [4.78, 5) is 10.8. The second kappa shape index (κ2) is 4.66. The zero-order valence-electron chi connectivity index (χ0n) is 9.13. The summed E-state index contributed by atoms with van der Waals surface area (Å²) >= 11 is 0. The van der Waals surface area contributed by atoms with Gasteiger partial charge in [-0.1, -0.05) is 0 Å². The molecule has 1 aromatic heterocycles. The number of aromatic nitrogens is 2. The Kier molecular flexibility index (Phi) is 3.05. The van der Waals surface area contributed by atoms with Crippen molar-refractivity contribution in [2.45, 2.75) is 0 Å². The first kappa shape index (κ1) is 11.8. The van der Waals surface area contributed by atoms with Crippen LogP contribution >= 0.6 is 0 Å². The van der Waals surface area contributed by atoms with E-state index in [4.69, 9.17) is 16.2 Å². The van der Waals surface area contributed by atoms with Crippen LogP contribution in [-0.2, 0) is 0 Å². The van der Waals surface area contributed by atoms with Crippen molar-refractivity contribution in [2.24, 2.45) is 5.73 Å². The molecular weight excluding hydrogens is 239 g/mol. The van der Waals surface area contributed by atoms with Crippen LogP contribution in [-0.4, -0.2) is 16.1 Å². The maximum Gasteiger partial charge on any atom is 0.269 e. The molecule has 7 heteroatoms. The second-order valence-electron chi connectivity index (χ2n) is 3.41. The van der Waals surface area contributed by atoms with Gasteiger partial charge in [0.1, 0.15) is 5.82 Å². The lowest BCUT2D eigenvalue weighted by Gasteiger charge is -2.06. The number of ether oxygens (including phenoxy) is 1. The summed E-state index contributed by atoms with van der Waals surface area (Å²) in [5.74, 6) is -0.777. The molecule has 0 atom stereocenters. The number of hydrogen-bond acceptors (Lipinski definition) is 5. The average molecular weight is 248 g/mol. The number of nitrogens with zero attached hydrogens (tertiary/aromatic N) is 2. The van der Waals surface area contributed by atoms with Crippen LogP contribution in [0.25, 0.3) is 0 Å². The summed E-state index contributed by atoms with van der Waals surface area (Å²) in [5.41, 5.74) is 10.7. The minimum Gasteiger partial charge on any atom is -0.435 e. The molecule has 1 amide bonds. The number of carbonyl (C=O) groups excluding carboxylic acids is 1. The molecule has 1 aromatic carbocycles. The minimum atomic E-state index is -0.685. The van der Waals surface area contributed by atoms with E-state index < -0.39 is 11.7 Å². The van der Waals surface area contributed by atoms with Gasteiger partial charge in [-0.05, 0) is 18.2 Å². The highest BCUT2D eigenvalue weighted by atomic mass is 19.1. The molecule has 0 unspecified atom stereocenters. The number of rotatable bonds is 3. The van der Waals surface area contributed by atoms with Gasteiger partial charge in [0.05, 0.1) is 5.69 Å². The minimum absolute atomic E-state index is 0.0226. The van der Waals surface area contributed by atoms with Gasteiger partial charge in [-0.3, -0.25) is 4.79 Å². The van der Waals surface area contributed by atoms with E-state index in [1.165, 1.54) is 24.3 Å². The van der Waals surface area contributed by atoms with Gasteiger partial charge in [-0.25, -0.2) is 4.39 Å². The number of anilines is 1. The molecule has 0 radical (unpaired) electrons. The molecule has 2 aromatic rings. The van der Waals surface area contributed by atoms with E-state index in [0.717, 1.165) is 6.07 Å². The van der Waals surface area contributed by atoms with Crippen LogP contribution in [0.5, 0.6) is 11.6 Å². The predicted octanol–water partition coefficient (Wildman–Crippen LogP) is 1.09. The Hall–Kier alpha value is -2.70. The Morgan fingerprint density at radius 2 is 2.00 bits per heavy atom. The van der Waals surface area contributed by atoms with Crippen molar-refractivity contribution in [3.8, 4) is 11.6 Å². The van der Waals surface area contributed by atoms with E-state index in [0.29, 0.717) is 0 Å². The molecule has 0 fully saturated rings. The molecule has 92 valence electrons. The van der Waals surface area contributed by atoms with E-state index in [2.05, 4.69) is 10.2 Å². The van der Waals surface area contributed by atoms with E-state index in [1.54, 1.807) is 0 Å². The fourth-order valence-corrected chi connectivity index (χ4v) is 1.23. The first-order valence-corrected chi connectivity index (χ1v) is 4.92. The van der Waals surface area contributed by atoms with Crippen molar-refractivity contribution in [1.29, 1.82) is 0 Å². The number of nitrogens with two attached hydrogens (primary N) is 2. The lowest BCUT2D eigenvalue weighted by molar-refractivity contribution is 0.0994. The van der Waals surface area contributed by atoms with Crippen molar-refractivity contribution >= 4 is 11.6 Å².